The van der Waals surface area contributed by atoms with Crippen molar-refractivity contribution in [3.63, 3.8) is 0 Å². The predicted molar refractivity (Wildman–Crippen MR) is 54.5 cm³/mol. The molecule has 1 unspecified atom stereocenters. The number of allylic oxidation sites excluding steroid dienone is 2. The first kappa shape index (κ1) is 9.75. The fraction of sp³-hybridized carbons (Fsp3) is 0.750. The van der Waals surface area contributed by atoms with E-state index in [0.29, 0.717) is 18.3 Å². The van der Waals surface area contributed by atoms with Crippen LogP contribution in [0.1, 0.15) is 45.4 Å². The van der Waals surface area contributed by atoms with E-state index in [1.54, 1.807) is 0 Å². The number of hydrogen-bond acceptors (Lipinski definition) is 2. The van der Waals surface area contributed by atoms with Gasteiger partial charge in [0.05, 0.1) is 6.42 Å². The molecule has 14 heavy (non-hydrogen) atoms. The molecule has 2 heteroatoms. The summed E-state index contributed by atoms with van der Waals surface area (Å²) in [5, 5.41) is 0. The number of cyclic esters (lactones) is 1. The summed E-state index contributed by atoms with van der Waals surface area (Å²) in [6.07, 6.45) is 9.01. The van der Waals surface area contributed by atoms with Crippen LogP contribution in [-0.4, -0.2) is 5.97 Å². The Labute approximate surface area is 85.3 Å². The minimum atomic E-state index is -0.0411. The molecular formula is C12H18O2. The second-order valence-corrected chi connectivity index (χ2v) is 4.56. The van der Waals surface area contributed by atoms with Crippen molar-refractivity contribution in [3.8, 4) is 0 Å². The molecule has 0 N–H and O–H groups in total. The van der Waals surface area contributed by atoms with Gasteiger partial charge in [0.2, 0.25) is 0 Å². The second kappa shape index (κ2) is 4.16. The van der Waals surface area contributed by atoms with Crippen LogP contribution in [0.4, 0.5) is 0 Å². The van der Waals surface area contributed by atoms with E-state index in [1.807, 2.05) is 0 Å². The Morgan fingerprint density at radius 2 is 2.00 bits per heavy atom. The van der Waals surface area contributed by atoms with Crippen LogP contribution >= 0.6 is 0 Å². The second-order valence-electron chi connectivity index (χ2n) is 4.56. The fourth-order valence-corrected chi connectivity index (χ4v) is 2.42. The molecule has 0 aromatic carbocycles. The molecule has 78 valence electrons. The first-order valence-corrected chi connectivity index (χ1v) is 5.68. The molecule has 1 fully saturated rings. The lowest BCUT2D eigenvalue weighted by Gasteiger charge is -2.27. The average Bonchev–Trinajstić information content (AvgIpc) is 2.18. The summed E-state index contributed by atoms with van der Waals surface area (Å²) < 4.78 is 5.32. The van der Waals surface area contributed by atoms with Crippen molar-refractivity contribution in [2.24, 2.45) is 11.8 Å². The largest absolute Gasteiger partial charge is 0.431 e. The molecule has 2 aliphatic rings. The van der Waals surface area contributed by atoms with Crippen molar-refractivity contribution in [1.29, 1.82) is 0 Å². The van der Waals surface area contributed by atoms with Gasteiger partial charge in [-0.1, -0.05) is 26.2 Å². The molecule has 1 saturated carbocycles. The van der Waals surface area contributed by atoms with Crippen molar-refractivity contribution in [3.05, 3.63) is 11.8 Å². The van der Waals surface area contributed by atoms with E-state index >= 15 is 0 Å². The van der Waals surface area contributed by atoms with Gasteiger partial charge in [0.1, 0.15) is 5.76 Å². The lowest BCUT2D eigenvalue weighted by Crippen LogP contribution is -2.21. The molecule has 0 aromatic rings. The summed E-state index contributed by atoms with van der Waals surface area (Å²) in [6, 6.07) is 0. The highest BCUT2D eigenvalue weighted by Gasteiger charge is 2.25. The van der Waals surface area contributed by atoms with Gasteiger partial charge in [-0.15, -0.1) is 0 Å². The van der Waals surface area contributed by atoms with Crippen LogP contribution in [0.5, 0.6) is 0 Å². The van der Waals surface area contributed by atoms with Crippen LogP contribution in [0.25, 0.3) is 0 Å². The number of hydrogen-bond donors (Lipinski definition) is 0. The lowest BCUT2D eigenvalue weighted by atomic mass is 9.86. The molecule has 0 saturated heterocycles. The predicted octanol–water partition coefficient (Wildman–Crippen LogP) is 3.03. The Hall–Kier alpha value is -0.790. The number of esters is 1. The quantitative estimate of drug-likeness (QED) is 0.600. The van der Waals surface area contributed by atoms with Gasteiger partial charge in [-0.25, -0.2) is 0 Å². The standard InChI is InChI=1S/C12H18O2/c1-9-7-11(14-12(13)8-9)10-5-3-2-4-6-10/h7,9-10H,2-6,8H2,1H3. The Morgan fingerprint density at radius 1 is 1.29 bits per heavy atom. The molecule has 1 aliphatic carbocycles. The van der Waals surface area contributed by atoms with Crippen molar-refractivity contribution in [2.75, 3.05) is 0 Å². The number of carbonyl (C=O) groups excluding carboxylic acids is 1. The molecular weight excluding hydrogens is 176 g/mol. The smallest absolute Gasteiger partial charge is 0.311 e. The summed E-state index contributed by atoms with van der Waals surface area (Å²) in [5.74, 6) is 1.82. The highest BCUT2D eigenvalue weighted by molar-refractivity contribution is 5.72. The van der Waals surface area contributed by atoms with E-state index in [1.165, 1.54) is 32.1 Å². The average molecular weight is 194 g/mol. The first-order chi connectivity index (χ1) is 6.75. The lowest BCUT2D eigenvalue weighted by molar-refractivity contribution is -0.142. The van der Waals surface area contributed by atoms with Crippen LogP contribution < -0.4 is 0 Å². The van der Waals surface area contributed by atoms with Gasteiger partial charge in [0, 0.05) is 5.92 Å². The normalized spacial score (nSPS) is 29.6. The van der Waals surface area contributed by atoms with Gasteiger partial charge in [-0.3, -0.25) is 4.79 Å². The Kier molecular flexibility index (Phi) is 2.90. The Balaban J connectivity index is 2.04. The Morgan fingerprint density at radius 3 is 2.64 bits per heavy atom. The van der Waals surface area contributed by atoms with Gasteiger partial charge in [0.25, 0.3) is 0 Å². The van der Waals surface area contributed by atoms with Crippen molar-refractivity contribution >= 4 is 5.97 Å². The number of rotatable bonds is 1. The highest BCUT2D eigenvalue weighted by Crippen LogP contribution is 2.33. The summed E-state index contributed by atoms with van der Waals surface area (Å²) in [4.78, 5) is 11.3. The minimum Gasteiger partial charge on any atom is -0.431 e. The number of ether oxygens (including phenoxy) is 1. The van der Waals surface area contributed by atoms with E-state index in [9.17, 15) is 4.79 Å². The third kappa shape index (κ3) is 2.17. The molecule has 0 aromatic heterocycles. The molecule has 1 aliphatic heterocycles. The van der Waals surface area contributed by atoms with E-state index in [2.05, 4.69) is 13.0 Å². The van der Waals surface area contributed by atoms with Crippen LogP contribution in [-0.2, 0) is 9.53 Å². The summed E-state index contributed by atoms with van der Waals surface area (Å²) in [6.45, 7) is 2.09. The van der Waals surface area contributed by atoms with Gasteiger partial charge < -0.3 is 4.74 Å². The third-order valence-corrected chi connectivity index (χ3v) is 3.18. The van der Waals surface area contributed by atoms with Crippen molar-refractivity contribution in [2.45, 2.75) is 45.4 Å². The van der Waals surface area contributed by atoms with Gasteiger partial charge in [-0.05, 0) is 24.8 Å². The molecule has 0 amide bonds. The molecule has 2 nitrogen and oxygen atoms in total. The zero-order chi connectivity index (χ0) is 9.97. The summed E-state index contributed by atoms with van der Waals surface area (Å²) in [7, 11) is 0. The van der Waals surface area contributed by atoms with E-state index in [4.69, 9.17) is 4.74 Å². The molecule has 2 rings (SSSR count). The molecule has 0 radical (unpaired) electrons. The maximum Gasteiger partial charge on any atom is 0.311 e. The van der Waals surface area contributed by atoms with Gasteiger partial charge in [-0.2, -0.15) is 0 Å². The Bertz CT molecular complexity index is 249. The van der Waals surface area contributed by atoms with Crippen LogP contribution in [0.3, 0.4) is 0 Å². The SMILES string of the molecule is CC1C=C(C2CCCCC2)OC(=O)C1. The van der Waals surface area contributed by atoms with Gasteiger partial charge >= 0.3 is 5.97 Å². The van der Waals surface area contributed by atoms with Crippen LogP contribution in [0, 0.1) is 11.8 Å². The van der Waals surface area contributed by atoms with Crippen LogP contribution in [0.15, 0.2) is 11.8 Å². The summed E-state index contributed by atoms with van der Waals surface area (Å²) >= 11 is 0. The molecule has 1 heterocycles. The maximum absolute atomic E-state index is 11.3. The van der Waals surface area contributed by atoms with Crippen LogP contribution in [0.2, 0.25) is 0 Å². The van der Waals surface area contributed by atoms with E-state index < -0.39 is 0 Å². The zero-order valence-corrected chi connectivity index (χ0v) is 8.79. The van der Waals surface area contributed by atoms with Crippen molar-refractivity contribution in [1.82, 2.24) is 0 Å². The summed E-state index contributed by atoms with van der Waals surface area (Å²) in [5.41, 5.74) is 0. The highest BCUT2D eigenvalue weighted by atomic mass is 16.5. The number of carbonyl (C=O) groups is 1. The zero-order valence-electron chi connectivity index (χ0n) is 8.79. The fourth-order valence-electron chi connectivity index (χ4n) is 2.42. The van der Waals surface area contributed by atoms with E-state index in [-0.39, 0.29) is 5.97 Å². The maximum atomic E-state index is 11.3. The molecule has 0 spiro atoms. The van der Waals surface area contributed by atoms with Gasteiger partial charge in [0.15, 0.2) is 0 Å². The van der Waals surface area contributed by atoms with E-state index in [0.717, 1.165) is 5.76 Å². The third-order valence-electron chi connectivity index (χ3n) is 3.18. The van der Waals surface area contributed by atoms with Crippen molar-refractivity contribution < 1.29 is 9.53 Å². The minimum absolute atomic E-state index is 0.0411. The molecule has 0 bridgehead atoms. The first-order valence-electron chi connectivity index (χ1n) is 5.68. The topological polar surface area (TPSA) is 26.3 Å². The molecule has 1 atom stereocenters. The monoisotopic (exact) mass is 194 g/mol.